The van der Waals surface area contributed by atoms with E-state index in [0.717, 1.165) is 0 Å². The summed E-state index contributed by atoms with van der Waals surface area (Å²) in [6.45, 7) is 3.77. The van der Waals surface area contributed by atoms with Gasteiger partial charge in [0.25, 0.3) is 0 Å². The number of carbonyl (C=O) groups excluding carboxylic acids is 1. The average molecular weight is 124 g/mol. The van der Waals surface area contributed by atoms with Crippen LogP contribution in [-0.4, -0.2) is 5.78 Å². The van der Waals surface area contributed by atoms with Crippen LogP contribution in [-0.2, 0) is 4.79 Å². The van der Waals surface area contributed by atoms with Crippen LogP contribution < -0.4 is 0 Å². The minimum absolute atomic E-state index is 0.174. The molecule has 0 bridgehead atoms. The molecule has 0 saturated carbocycles. The third kappa shape index (κ3) is 5.01. The van der Waals surface area contributed by atoms with E-state index >= 15 is 0 Å². The molecule has 0 saturated heterocycles. The van der Waals surface area contributed by atoms with Crippen LogP contribution in [0.15, 0.2) is 24.3 Å². The molecule has 0 aliphatic rings. The van der Waals surface area contributed by atoms with E-state index in [1.165, 1.54) is 0 Å². The lowest BCUT2D eigenvalue weighted by Gasteiger charge is -1.79. The van der Waals surface area contributed by atoms with Crippen molar-refractivity contribution in [3.8, 4) is 0 Å². The molecule has 0 rings (SSSR count). The molecular weight excluding hydrogens is 112 g/mol. The Morgan fingerprint density at radius 3 is 2.56 bits per heavy atom. The van der Waals surface area contributed by atoms with Crippen molar-refractivity contribution >= 4 is 5.78 Å². The van der Waals surface area contributed by atoms with Crippen LogP contribution in [0.3, 0.4) is 0 Å². The standard InChI is InChI=1S/C8H12O/c1-3-5-6-7-8(9)4-2/h3,5-7H,4H2,1-2H3/b5-3+,7-6+. The van der Waals surface area contributed by atoms with Gasteiger partial charge in [-0.1, -0.05) is 25.2 Å². The van der Waals surface area contributed by atoms with E-state index in [0.29, 0.717) is 6.42 Å². The van der Waals surface area contributed by atoms with E-state index in [1.54, 1.807) is 12.2 Å². The van der Waals surface area contributed by atoms with Crippen molar-refractivity contribution in [1.29, 1.82) is 0 Å². The molecule has 9 heavy (non-hydrogen) atoms. The fraction of sp³-hybridized carbons (Fsp3) is 0.375. The predicted molar refractivity (Wildman–Crippen MR) is 39.3 cm³/mol. The molecule has 0 unspecified atom stereocenters. The van der Waals surface area contributed by atoms with Crippen LogP contribution in [0, 0.1) is 0 Å². The van der Waals surface area contributed by atoms with E-state index in [1.807, 2.05) is 26.0 Å². The molecule has 0 fully saturated rings. The van der Waals surface area contributed by atoms with Gasteiger partial charge in [-0.3, -0.25) is 4.79 Å². The molecular formula is C8H12O. The van der Waals surface area contributed by atoms with Gasteiger partial charge in [0.1, 0.15) is 0 Å². The number of ketones is 1. The molecule has 0 aromatic heterocycles. The van der Waals surface area contributed by atoms with Crippen molar-refractivity contribution < 1.29 is 4.79 Å². The van der Waals surface area contributed by atoms with Crippen molar-refractivity contribution in [2.24, 2.45) is 0 Å². The second kappa shape index (κ2) is 5.29. The van der Waals surface area contributed by atoms with Crippen molar-refractivity contribution in [3.63, 3.8) is 0 Å². The van der Waals surface area contributed by atoms with Crippen molar-refractivity contribution in [3.05, 3.63) is 24.3 Å². The molecule has 50 valence electrons. The Bertz CT molecular complexity index is 132. The van der Waals surface area contributed by atoms with Crippen LogP contribution in [0.2, 0.25) is 0 Å². The van der Waals surface area contributed by atoms with Gasteiger partial charge < -0.3 is 0 Å². The monoisotopic (exact) mass is 124 g/mol. The molecule has 0 radical (unpaired) electrons. The van der Waals surface area contributed by atoms with Crippen molar-refractivity contribution in [2.75, 3.05) is 0 Å². The molecule has 0 N–H and O–H groups in total. The summed E-state index contributed by atoms with van der Waals surface area (Å²) in [7, 11) is 0. The zero-order valence-electron chi connectivity index (χ0n) is 5.92. The summed E-state index contributed by atoms with van der Waals surface area (Å²) in [4.78, 5) is 10.6. The lowest BCUT2D eigenvalue weighted by Crippen LogP contribution is -1.85. The summed E-state index contributed by atoms with van der Waals surface area (Å²) >= 11 is 0. The number of allylic oxidation sites excluding steroid dienone is 4. The van der Waals surface area contributed by atoms with Crippen LogP contribution in [0.25, 0.3) is 0 Å². The first kappa shape index (κ1) is 8.15. The Balaban J connectivity index is 3.57. The summed E-state index contributed by atoms with van der Waals surface area (Å²) in [5.41, 5.74) is 0. The quantitative estimate of drug-likeness (QED) is 0.416. The van der Waals surface area contributed by atoms with Gasteiger partial charge in [0.2, 0.25) is 0 Å². The third-order valence-electron chi connectivity index (χ3n) is 0.934. The van der Waals surface area contributed by atoms with E-state index in [-0.39, 0.29) is 5.78 Å². The van der Waals surface area contributed by atoms with E-state index < -0.39 is 0 Å². The minimum atomic E-state index is 0.174. The van der Waals surface area contributed by atoms with Crippen LogP contribution >= 0.6 is 0 Å². The molecule has 1 nitrogen and oxygen atoms in total. The Labute approximate surface area is 56.1 Å². The zero-order valence-corrected chi connectivity index (χ0v) is 5.92. The summed E-state index contributed by atoms with van der Waals surface area (Å²) in [6, 6.07) is 0. The first-order valence-corrected chi connectivity index (χ1v) is 3.13. The Kier molecular flexibility index (Phi) is 4.79. The van der Waals surface area contributed by atoms with E-state index in [9.17, 15) is 4.79 Å². The lowest BCUT2D eigenvalue weighted by molar-refractivity contribution is -0.114. The Hall–Kier alpha value is -0.850. The highest BCUT2D eigenvalue weighted by Crippen LogP contribution is 1.83. The lowest BCUT2D eigenvalue weighted by atomic mass is 10.3. The van der Waals surface area contributed by atoms with Gasteiger partial charge in [-0.25, -0.2) is 0 Å². The van der Waals surface area contributed by atoms with Gasteiger partial charge in [0.05, 0.1) is 0 Å². The maximum atomic E-state index is 10.6. The van der Waals surface area contributed by atoms with Crippen molar-refractivity contribution in [2.45, 2.75) is 20.3 Å². The summed E-state index contributed by atoms with van der Waals surface area (Å²) < 4.78 is 0. The van der Waals surface area contributed by atoms with E-state index in [2.05, 4.69) is 0 Å². The van der Waals surface area contributed by atoms with Crippen LogP contribution in [0.5, 0.6) is 0 Å². The maximum Gasteiger partial charge on any atom is 0.155 e. The highest BCUT2D eigenvalue weighted by molar-refractivity contribution is 5.89. The zero-order chi connectivity index (χ0) is 7.11. The first-order valence-electron chi connectivity index (χ1n) is 3.13. The number of carbonyl (C=O) groups is 1. The number of hydrogen-bond acceptors (Lipinski definition) is 1. The molecule has 0 aromatic rings. The third-order valence-corrected chi connectivity index (χ3v) is 0.934. The smallest absolute Gasteiger partial charge is 0.155 e. The first-order chi connectivity index (χ1) is 4.31. The summed E-state index contributed by atoms with van der Waals surface area (Å²) in [6.07, 6.45) is 7.66. The van der Waals surface area contributed by atoms with Crippen LogP contribution in [0.4, 0.5) is 0 Å². The van der Waals surface area contributed by atoms with Gasteiger partial charge in [-0.2, -0.15) is 0 Å². The molecule has 0 aliphatic heterocycles. The largest absolute Gasteiger partial charge is 0.295 e. The fourth-order valence-corrected chi connectivity index (χ4v) is 0.392. The second-order valence-electron chi connectivity index (χ2n) is 1.70. The number of rotatable bonds is 3. The van der Waals surface area contributed by atoms with Gasteiger partial charge >= 0.3 is 0 Å². The van der Waals surface area contributed by atoms with Crippen molar-refractivity contribution in [1.82, 2.24) is 0 Å². The molecule has 0 atom stereocenters. The Morgan fingerprint density at radius 2 is 2.11 bits per heavy atom. The SMILES string of the molecule is C/C=C/C=C/C(=O)CC. The second-order valence-corrected chi connectivity index (χ2v) is 1.70. The maximum absolute atomic E-state index is 10.6. The van der Waals surface area contributed by atoms with Gasteiger partial charge in [0.15, 0.2) is 5.78 Å². The molecule has 0 aromatic carbocycles. The van der Waals surface area contributed by atoms with Crippen LogP contribution in [0.1, 0.15) is 20.3 Å². The molecule has 0 spiro atoms. The predicted octanol–water partition coefficient (Wildman–Crippen LogP) is 2.10. The topological polar surface area (TPSA) is 17.1 Å². The highest BCUT2D eigenvalue weighted by Gasteiger charge is 1.84. The van der Waals surface area contributed by atoms with Gasteiger partial charge in [0, 0.05) is 6.42 Å². The number of hydrogen-bond donors (Lipinski definition) is 0. The summed E-state index contributed by atoms with van der Waals surface area (Å²) in [5.74, 6) is 0.174. The summed E-state index contributed by atoms with van der Waals surface area (Å²) in [5, 5.41) is 0. The Morgan fingerprint density at radius 1 is 1.44 bits per heavy atom. The fourth-order valence-electron chi connectivity index (χ4n) is 0.392. The molecule has 0 aliphatic carbocycles. The van der Waals surface area contributed by atoms with Gasteiger partial charge in [-0.05, 0) is 13.0 Å². The molecule has 0 heterocycles. The average Bonchev–Trinajstić information content (AvgIpc) is 1.89. The molecule has 0 amide bonds. The minimum Gasteiger partial charge on any atom is -0.295 e. The highest BCUT2D eigenvalue weighted by atomic mass is 16.1. The van der Waals surface area contributed by atoms with Gasteiger partial charge in [-0.15, -0.1) is 0 Å². The molecule has 1 heteroatoms. The normalized spacial score (nSPS) is 11.3. The van der Waals surface area contributed by atoms with E-state index in [4.69, 9.17) is 0 Å².